The van der Waals surface area contributed by atoms with E-state index < -0.39 is 5.97 Å². The van der Waals surface area contributed by atoms with Crippen LogP contribution in [0.1, 0.15) is 42.5 Å². The number of nitrogens with one attached hydrogen (secondary N) is 1. The fourth-order valence-electron chi connectivity index (χ4n) is 3.55. The van der Waals surface area contributed by atoms with Gasteiger partial charge in [-0.1, -0.05) is 30.3 Å². The van der Waals surface area contributed by atoms with Gasteiger partial charge in [0.05, 0.1) is 19.8 Å². The van der Waals surface area contributed by atoms with Crippen molar-refractivity contribution in [1.29, 1.82) is 0 Å². The fraction of sp³-hybridized carbons (Fsp3) is 0.333. The number of amides is 1. The summed E-state index contributed by atoms with van der Waals surface area (Å²) in [5, 5.41) is 2.97. The monoisotopic (exact) mass is 409 g/mol. The second kappa shape index (κ2) is 10.5. The number of carbonyl (C=O) groups excluding carboxylic acids is 2. The van der Waals surface area contributed by atoms with Gasteiger partial charge in [-0.15, -0.1) is 0 Å². The van der Waals surface area contributed by atoms with E-state index in [0.717, 1.165) is 30.4 Å². The molecule has 0 saturated heterocycles. The van der Waals surface area contributed by atoms with Crippen LogP contribution in [0.2, 0.25) is 0 Å². The summed E-state index contributed by atoms with van der Waals surface area (Å²) < 4.78 is 15.8. The van der Waals surface area contributed by atoms with Crippen molar-refractivity contribution in [2.24, 2.45) is 0 Å². The molecule has 0 spiro atoms. The first-order valence-electron chi connectivity index (χ1n) is 10.1. The average molecular weight is 409 g/mol. The lowest BCUT2D eigenvalue weighted by Gasteiger charge is -2.26. The molecule has 6 heteroatoms. The average Bonchev–Trinajstić information content (AvgIpc) is 2.77. The number of fused-ring (bicyclic) bond motifs is 1. The van der Waals surface area contributed by atoms with E-state index in [4.69, 9.17) is 14.2 Å². The molecule has 0 saturated carbocycles. The predicted octanol–water partition coefficient (Wildman–Crippen LogP) is 3.84. The minimum atomic E-state index is -0.581. The Morgan fingerprint density at radius 1 is 1.17 bits per heavy atom. The Hall–Kier alpha value is -3.28. The molecule has 1 aliphatic carbocycles. The van der Waals surface area contributed by atoms with Crippen molar-refractivity contribution in [3.8, 4) is 11.5 Å². The quantitative estimate of drug-likeness (QED) is 0.530. The number of carbonyl (C=O) groups is 2. The lowest BCUT2D eigenvalue weighted by atomic mass is 9.88. The van der Waals surface area contributed by atoms with E-state index >= 15 is 0 Å². The van der Waals surface area contributed by atoms with Gasteiger partial charge in [-0.2, -0.15) is 0 Å². The normalized spacial score (nSPS) is 15.3. The first-order chi connectivity index (χ1) is 14.6. The summed E-state index contributed by atoms with van der Waals surface area (Å²) in [7, 11) is 1.56. The van der Waals surface area contributed by atoms with E-state index in [1.165, 1.54) is 11.6 Å². The van der Waals surface area contributed by atoms with Crippen LogP contribution in [0, 0.1) is 0 Å². The summed E-state index contributed by atoms with van der Waals surface area (Å²) >= 11 is 0. The maximum Gasteiger partial charge on any atom is 0.331 e. The third-order valence-corrected chi connectivity index (χ3v) is 4.95. The molecule has 0 bridgehead atoms. The molecule has 2 aromatic carbocycles. The Morgan fingerprint density at radius 2 is 2.00 bits per heavy atom. The van der Waals surface area contributed by atoms with Crippen molar-refractivity contribution < 1.29 is 23.8 Å². The third kappa shape index (κ3) is 5.63. The number of hydrogen-bond acceptors (Lipinski definition) is 5. The summed E-state index contributed by atoms with van der Waals surface area (Å²) in [6.45, 7) is 2.12. The molecule has 0 aliphatic heterocycles. The highest BCUT2D eigenvalue weighted by Gasteiger charge is 2.21. The third-order valence-electron chi connectivity index (χ3n) is 4.95. The lowest BCUT2D eigenvalue weighted by molar-refractivity contribution is -0.144. The van der Waals surface area contributed by atoms with E-state index in [1.54, 1.807) is 25.3 Å². The molecular formula is C24H27NO5. The van der Waals surface area contributed by atoms with Crippen LogP contribution in [0.25, 0.3) is 6.08 Å². The van der Waals surface area contributed by atoms with Crippen LogP contribution < -0.4 is 14.8 Å². The van der Waals surface area contributed by atoms with E-state index in [2.05, 4.69) is 11.4 Å². The molecular weight excluding hydrogens is 382 g/mol. The Morgan fingerprint density at radius 3 is 2.80 bits per heavy atom. The second-order valence-electron chi connectivity index (χ2n) is 7.00. The van der Waals surface area contributed by atoms with E-state index in [-0.39, 0.29) is 18.6 Å². The number of methoxy groups -OCH3 is 1. The van der Waals surface area contributed by atoms with Gasteiger partial charge in [-0.05, 0) is 61.1 Å². The van der Waals surface area contributed by atoms with Gasteiger partial charge in [0.25, 0.3) is 5.91 Å². The summed E-state index contributed by atoms with van der Waals surface area (Å²) in [4.78, 5) is 24.2. The van der Waals surface area contributed by atoms with Crippen LogP contribution in [0.5, 0.6) is 11.5 Å². The van der Waals surface area contributed by atoms with Crippen molar-refractivity contribution in [2.75, 3.05) is 20.3 Å². The molecule has 0 fully saturated rings. The first kappa shape index (κ1) is 21.4. The highest BCUT2D eigenvalue weighted by Crippen LogP contribution is 2.29. The number of ether oxygens (including phenoxy) is 3. The number of rotatable bonds is 8. The van der Waals surface area contributed by atoms with Crippen LogP contribution in [0.15, 0.2) is 48.5 Å². The molecule has 158 valence electrons. The summed E-state index contributed by atoms with van der Waals surface area (Å²) in [6.07, 6.45) is 5.83. The highest BCUT2D eigenvalue weighted by atomic mass is 16.5. The molecule has 1 atom stereocenters. The Kier molecular flexibility index (Phi) is 7.49. The van der Waals surface area contributed by atoms with Gasteiger partial charge in [0.2, 0.25) is 0 Å². The zero-order valence-corrected chi connectivity index (χ0v) is 17.4. The molecule has 0 radical (unpaired) electrons. The lowest BCUT2D eigenvalue weighted by Crippen LogP contribution is -2.34. The molecule has 1 amide bonds. The van der Waals surface area contributed by atoms with E-state index in [0.29, 0.717) is 18.1 Å². The number of hydrogen-bond donors (Lipinski definition) is 1. The van der Waals surface area contributed by atoms with Gasteiger partial charge < -0.3 is 19.5 Å². The Bertz CT molecular complexity index is 922. The van der Waals surface area contributed by atoms with Crippen LogP contribution in [0.3, 0.4) is 0 Å². The number of esters is 1. The van der Waals surface area contributed by atoms with Crippen molar-refractivity contribution in [1.82, 2.24) is 5.32 Å². The van der Waals surface area contributed by atoms with E-state index in [1.807, 2.05) is 31.2 Å². The standard InChI is InChI=1S/C24H27NO5/c1-3-29-21-13-11-17(15-22(21)28-2)12-14-24(27)30-16-23(26)25-20-10-6-8-18-7-4-5-9-19(18)20/h4-5,7,9,11-15,20H,3,6,8,10,16H2,1-2H3,(H,25,26)/b14-12+/t20-/m0/s1. The molecule has 2 aromatic rings. The second-order valence-corrected chi connectivity index (χ2v) is 7.00. The summed E-state index contributed by atoms with van der Waals surface area (Å²) in [6, 6.07) is 13.4. The van der Waals surface area contributed by atoms with Crippen LogP contribution in [0.4, 0.5) is 0 Å². The van der Waals surface area contributed by atoms with Gasteiger partial charge in [0.15, 0.2) is 18.1 Å². The van der Waals surface area contributed by atoms with Crippen molar-refractivity contribution in [2.45, 2.75) is 32.2 Å². The molecule has 3 rings (SSSR count). The summed E-state index contributed by atoms with van der Waals surface area (Å²) in [5.41, 5.74) is 3.17. The minimum absolute atomic E-state index is 0.0342. The molecule has 1 N–H and O–H groups in total. The molecule has 0 heterocycles. The topological polar surface area (TPSA) is 73.9 Å². The van der Waals surface area contributed by atoms with Crippen LogP contribution in [-0.4, -0.2) is 32.2 Å². The SMILES string of the molecule is CCOc1ccc(/C=C/C(=O)OCC(=O)N[C@H]2CCCc3ccccc32)cc1OC. The van der Waals surface area contributed by atoms with Gasteiger partial charge in [-0.3, -0.25) is 4.79 Å². The van der Waals surface area contributed by atoms with E-state index in [9.17, 15) is 9.59 Å². The van der Waals surface area contributed by atoms with Crippen molar-refractivity contribution in [3.63, 3.8) is 0 Å². The van der Waals surface area contributed by atoms with Crippen LogP contribution >= 0.6 is 0 Å². The Labute approximate surface area is 176 Å². The number of benzene rings is 2. The minimum Gasteiger partial charge on any atom is -0.493 e. The van der Waals surface area contributed by atoms with Gasteiger partial charge >= 0.3 is 5.97 Å². The van der Waals surface area contributed by atoms with Crippen LogP contribution in [-0.2, 0) is 20.7 Å². The first-order valence-corrected chi connectivity index (χ1v) is 10.1. The highest BCUT2D eigenvalue weighted by molar-refractivity contribution is 5.89. The zero-order chi connectivity index (χ0) is 21.3. The molecule has 1 aliphatic rings. The maximum absolute atomic E-state index is 12.2. The molecule has 30 heavy (non-hydrogen) atoms. The molecule has 0 aromatic heterocycles. The summed E-state index contributed by atoms with van der Waals surface area (Å²) in [5.74, 6) is 0.337. The number of aryl methyl sites for hydroxylation is 1. The largest absolute Gasteiger partial charge is 0.493 e. The predicted molar refractivity (Wildman–Crippen MR) is 114 cm³/mol. The maximum atomic E-state index is 12.2. The zero-order valence-electron chi connectivity index (χ0n) is 17.4. The van der Waals surface area contributed by atoms with Gasteiger partial charge in [0.1, 0.15) is 0 Å². The smallest absolute Gasteiger partial charge is 0.331 e. The Balaban J connectivity index is 1.50. The van der Waals surface area contributed by atoms with Gasteiger partial charge in [-0.25, -0.2) is 4.79 Å². The fourth-order valence-corrected chi connectivity index (χ4v) is 3.55. The molecule has 0 unspecified atom stereocenters. The van der Waals surface area contributed by atoms with Crippen molar-refractivity contribution >= 4 is 18.0 Å². The van der Waals surface area contributed by atoms with Gasteiger partial charge in [0, 0.05) is 6.08 Å². The van der Waals surface area contributed by atoms with Crippen molar-refractivity contribution in [3.05, 3.63) is 65.2 Å². The molecule has 6 nitrogen and oxygen atoms in total.